The van der Waals surface area contributed by atoms with E-state index >= 15 is 0 Å². The summed E-state index contributed by atoms with van der Waals surface area (Å²) < 4.78 is 1.67. The van der Waals surface area contributed by atoms with Gasteiger partial charge in [-0.15, -0.1) is 0 Å². The molecule has 0 radical (unpaired) electrons. The van der Waals surface area contributed by atoms with Crippen LogP contribution in [-0.2, 0) is 11.3 Å². The second-order valence-electron chi connectivity index (χ2n) is 7.75. The molecule has 0 aliphatic rings. The first-order chi connectivity index (χ1) is 13.7. The van der Waals surface area contributed by atoms with Crippen LogP contribution in [0.3, 0.4) is 0 Å². The van der Waals surface area contributed by atoms with Crippen molar-refractivity contribution < 1.29 is 9.59 Å². The number of carbonyl (C=O) groups excluding carboxylic acids is 2. The van der Waals surface area contributed by atoms with Crippen LogP contribution in [0, 0.1) is 5.41 Å². The number of rotatable bonds is 5. The maximum absolute atomic E-state index is 12.5. The van der Waals surface area contributed by atoms with Crippen molar-refractivity contribution in [2.45, 2.75) is 27.3 Å². The second-order valence-corrected chi connectivity index (χ2v) is 8.16. The second kappa shape index (κ2) is 8.49. The molecule has 2 N–H and O–H groups in total. The molecule has 29 heavy (non-hydrogen) atoms. The highest BCUT2D eigenvalue weighted by Gasteiger charge is 2.21. The molecule has 0 unspecified atom stereocenters. The number of aromatic nitrogens is 2. The van der Waals surface area contributed by atoms with Gasteiger partial charge < -0.3 is 10.6 Å². The van der Waals surface area contributed by atoms with Crippen LogP contribution in [-0.4, -0.2) is 21.6 Å². The summed E-state index contributed by atoms with van der Waals surface area (Å²) in [5.74, 6) is -0.331. The van der Waals surface area contributed by atoms with Crippen LogP contribution in [0.1, 0.15) is 36.7 Å². The minimum atomic E-state index is -0.475. The molecule has 0 saturated carbocycles. The Hall–Kier alpha value is -3.12. The predicted molar refractivity (Wildman–Crippen MR) is 115 cm³/mol. The summed E-state index contributed by atoms with van der Waals surface area (Å²) in [6, 6.07) is 14.5. The molecule has 0 spiro atoms. The summed E-state index contributed by atoms with van der Waals surface area (Å²) in [6.07, 6.45) is 3.20. The Morgan fingerprint density at radius 2 is 1.62 bits per heavy atom. The van der Waals surface area contributed by atoms with E-state index in [9.17, 15) is 9.59 Å². The fourth-order valence-corrected chi connectivity index (χ4v) is 2.72. The SMILES string of the molecule is CC(C)(C)C(=O)Nc1ccc(NC(=O)c2cnn(Cc3ccccc3Cl)c2)cc1. The molecule has 7 heteroatoms. The highest BCUT2D eigenvalue weighted by atomic mass is 35.5. The molecule has 0 aliphatic carbocycles. The summed E-state index contributed by atoms with van der Waals surface area (Å²) in [5, 5.41) is 10.6. The van der Waals surface area contributed by atoms with Gasteiger partial charge in [0.25, 0.3) is 5.91 Å². The van der Waals surface area contributed by atoms with Crippen molar-refractivity contribution >= 4 is 34.8 Å². The Kier molecular flexibility index (Phi) is 6.03. The van der Waals surface area contributed by atoms with Gasteiger partial charge in [-0.2, -0.15) is 5.10 Å². The molecular weight excluding hydrogens is 388 g/mol. The number of amides is 2. The van der Waals surface area contributed by atoms with Crippen molar-refractivity contribution in [1.82, 2.24) is 9.78 Å². The third-order valence-corrected chi connectivity index (χ3v) is 4.64. The molecule has 1 aromatic heterocycles. The summed E-state index contributed by atoms with van der Waals surface area (Å²) in [5.41, 5.74) is 2.20. The van der Waals surface area contributed by atoms with Crippen molar-refractivity contribution in [3.05, 3.63) is 77.1 Å². The van der Waals surface area contributed by atoms with Gasteiger partial charge in [0.2, 0.25) is 5.91 Å². The van der Waals surface area contributed by atoms with Crippen LogP contribution in [0.25, 0.3) is 0 Å². The Balaban J connectivity index is 1.61. The fraction of sp³-hybridized carbons (Fsp3) is 0.227. The number of nitrogens with zero attached hydrogens (tertiary/aromatic N) is 2. The third kappa shape index (κ3) is 5.45. The first kappa shape index (κ1) is 20.6. The van der Waals surface area contributed by atoms with Crippen LogP contribution in [0.2, 0.25) is 5.02 Å². The fourth-order valence-electron chi connectivity index (χ4n) is 2.53. The number of halogens is 1. The number of anilines is 2. The van der Waals surface area contributed by atoms with E-state index in [1.54, 1.807) is 35.1 Å². The van der Waals surface area contributed by atoms with Gasteiger partial charge in [-0.25, -0.2) is 0 Å². The zero-order chi connectivity index (χ0) is 21.0. The van der Waals surface area contributed by atoms with E-state index in [1.807, 2.05) is 45.0 Å². The maximum atomic E-state index is 12.5. The monoisotopic (exact) mass is 410 g/mol. The standard InChI is InChI=1S/C22H23ClN4O2/c1-22(2,3)21(29)26-18-10-8-17(9-11-18)25-20(28)16-12-24-27(14-16)13-15-6-4-5-7-19(15)23/h4-12,14H,13H2,1-3H3,(H,25,28)(H,26,29). The van der Waals surface area contributed by atoms with E-state index in [1.165, 1.54) is 6.20 Å². The molecule has 0 saturated heterocycles. The van der Waals surface area contributed by atoms with Crippen LogP contribution in [0.15, 0.2) is 60.9 Å². The van der Waals surface area contributed by atoms with Gasteiger partial charge in [0.1, 0.15) is 0 Å². The summed E-state index contributed by atoms with van der Waals surface area (Å²) >= 11 is 6.17. The summed E-state index contributed by atoms with van der Waals surface area (Å²) in [6.45, 7) is 6.03. The average molecular weight is 411 g/mol. The van der Waals surface area contributed by atoms with Crippen molar-refractivity contribution in [1.29, 1.82) is 0 Å². The highest BCUT2D eigenvalue weighted by molar-refractivity contribution is 6.31. The van der Waals surface area contributed by atoms with Gasteiger partial charge >= 0.3 is 0 Å². The zero-order valence-corrected chi connectivity index (χ0v) is 17.3. The zero-order valence-electron chi connectivity index (χ0n) is 16.6. The van der Waals surface area contributed by atoms with Gasteiger partial charge in [0.05, 0.1) is 18.3 Å². The molecule has 150 valence electrons. The first-order valence-corrected chi connectivity index (χ1v) is 9.59. The number of hydrogen-bond donors (Lipinski definition) is 2. The lowest BCUT2D eigenvalue weighted by molar-refractivity contribution is -0.123. The van der Waals surface area contributed by atoms with Crippen LogP contribution in [0.4, 0.5) is 11.4 Å². The third-order valence-electron chi connectivity index (χ3n) is 4.27. The first-order valence-electron chi connectivity index (χ1n) is 9.21. The van der Waals surface area contributed by atoms with Crippen LogP contribution >= 0.6 is 11.6 Å². The quantitative estimate of drug-likeness (QED) is 0.633. The van der Waals surface area contributed by atoms with Crippen molar-refractivity contribution in [2.24, 2.45) is 5.41 Å². The van der Waals surface area contributed by atoms with Gasteiger partial charge in [-0.1, -0.05) is 50.6 Å². The topological polar surface area (TPSA) is 76.0 Å². The molecule has 6 nitrogen and oxygen atoms in total. The Morgan fingerprint density at radius 3 is 2.24 bits per heavy atom. The minimum Gasteiger partial charge on any atom is -0.326 e. The number of hydrogen-bond acceptors (Lipinski definition) is 3. The molecule has 0 atom stereocenters. The van der Waals surface area contributed by atoms with Crippen molar-refractivity contribution in [3.63, 3.8) is 0 Å². The number of carbonyl (C=O) groups is 2. The Labute approximate surface area is 174 Å². The Morgan fingerprint density at radius 1 is 1.00 bits per heavy atom. The van der Waals surface area contributed by atoms with Crippen molar-refractivity contribution in [2.75, 3.05) is 10.6 Å². The number of benzene rings is 2. The summed E-state index contributed by atoms with van der Waals surface area (Å²) in [4.78, 5) is 24.5. The molecule has 3 rings (SSSR count). The molecule has 2 aromatic carbocycles. The van der Waals surface area contributed by atoms with Gasteiger partial charge in [0, 0.05) is 28.0 Å². The van der Waals surface area contributed by atoms with Crippen LogP contribution < -0.4 is 10.6 Å². The van der Waals surface area contributed by atoms with E-state index in [0.717, 1.165) is 5.56 Å². The van der Waals surface area contributed by atoms with Gasteiger partial charge in [-0.3, -0.25) is 14.3 Å². The lowest BCUT2D eigenvalue weighted by atomic mass is 9.95. The molecule has 0 aliphatic heterocycles. The van der Waals surface area contributed by atoms with E-state index in [4.69, 9.17) is 11.6 Å². The largest absolute Gasteiger partial charge is 0.326 e. The van der Waals surface area contributed by atoms with Gasteiger partial charge in [0.15, 0.2) is 0 Å². The molecular formula is C22H23ClN4O2. The van der Waals surface area contributed by atoms with E-state index in [2.05, 4.69) is 15.7 Å². The molecule has 0 fully saturated rings. The van der Waals surface area contributed by atoms with E-state index in [-0.39, 0.29) is 11.8 Å². The molecule has 2 amide bonds. The highest BCUT2D eigenvalue weighted by Crippen LogP contribution is 2.20. The molecule has 0 bridgehead atoms. The lowest BCUT2D eigenvalue weighted by Crippen LogP contribution is -2.27. The van der Waals surface area contributed by atoms with Gasteiger partial charge in [-0.05, 0) is 35.9 Å². The minimum absolute atomic E-state index is 0.0692. The van der Waals surface area contributed by atoms with Crippen molar-refractivity contribution in [3.8, 4) is 0 Å². The maximum Gasteiger partial charge on any atom is 0.258 e. The molecule has 3 aromatic rings. The Bertz CT molecular complexity index is 1020. The predicted octanol–water partition coefficient (Wildman–Crippen LogP) is 4.82. The van der Waals surface area contributed by atoms with Crippen LogP contribution in [0.5, 0.6) is 0 Å². The normalized spacial score (nSPS) is 11.2. The lowest BCUT2D eigenvalue weighted by Gasteiger charge is -2.17. The number of nitrogens with one attached hydrogen (secondary N) is 2. The van der Waals surface area contributed by atoms with E-state index < -0.39 is 5.41 Å². The molecule has 1 heterocycles. The van der Waals surface area contributed by atoms with E-state index in [0.29, 0.717) is 28.5 Å². The average Bonchev–Trinajstić information content (AvgIpc) is 3.13. The smallest absolute Gasteiger partial charge is 0.258 e. The summed E-state index contributed by atoms with van der Waals surface area (Å²) in [7, 11) is 0.